The summed E-state index contributed by atoms with van der Waals surface area (Å²) in [6.07, 6.45) is 1.74. The average Bonchev–Trinajstić information content (AvgIpc) is 3.27. The first-order valence-corrected chi connectivity index (χ1v) is 10.8. The normalized spacial score (nSPS) is 13.0. The van der Waals surface area contributed by atoms with E-state index in [0.29, 0.717) is 18.0 Å². The molecule has 7 heteroatoms. The van der Waals surface area contributed by atoms with E-state index in [0.717, 1.165) is 34.7 Å². The average molecular weight is 423 g/mol. The molecule has 0 N–H and O–H groups in total. The molecule has 3 aromatic rings. The number of hydrogen-bond acceptors (Lipinski definition) is 6. The van der Waals surface area contributed by atoms with Gasteiger partial charge in [0.05, 0.1) is 18.0 Å². The van der Waals surface area contributed by atoms with Crippen LogP contribution in [0.15, 0.2) is 53.9 Å². The molecule has 0 saturated carbocycles. The number of carbonyl (C=O) groups is 2. The Morgan fingerprint density at radius 3 is 2.83 bits per heavy atom. The van der Waals surface area contributed by atoms with Crippen LogP contribution in [0.2, 0.25) is 0 Å². The molecule has 0 bridgehead atoms. The van der Waals surface area contributed by atoms with Crippen LogP contribution in [0.25, 0.3) is 21.8 Å². The molecule has 1 aliphatic rings. The number of fused-ring (bicyclic) bond motifs is 1. The Morgan fingerprint density at radius 1 is 1.20 bits per heavy atom. The number of aromatic nitrogens is 1. The van der Waals surface area contributed by atoms with Crippen LogP contribution in [-0.4, -0.2) is 36.6 Å². The minimum Gasteiger partial charge on any atom is -0.482 e. The lowest BCUT2D eigenvalue weighted by molar-refractivity contribution is -0.143. The summed E-state index contributed by atoms with van der Waals surface area (Å²) in [5.41, 5.74) is 3.28. The van der Waals surface area contributed by atoms with Crippen molar-refractivity contribution >= 4 is 28.9 Å². The first-order chi connectivity index (χ1) is 14.7. The van der Waals surface area contributed by atoms with Gasteiger partial charge in [0, 0.05) is 16.5 Å². The third-order valence-electron chi connectivity index (χ3n) is 4.77. The van der Waals surface area contributed by atoms with Crippen molar-refractivity contribution in [2.24, 2.45) is 0 Å². The maximum atomic E-state index is 12.4. The van der Waals surface area contributed by atoms with Crippen LogP contribution < -0.4 is 9.64 Å². The van der Waals surface area contributed by atoms with E-state index >= 15 is 0 Å². The molecule has 0 saturated heterocycles. The molecule has 2 aromatic carbocycles. The molecule has 1 aliphatic heterocycles. The van der Waals surface area contributed by atoms with Crippen molar-refractivity contribution in [2.45, 2.75) is 19.8 Å². The molecule has 0 unspecified atom stereocenters. The van der Waals surface area contributed by atoms with E-state index in [4.69, 9.17) is 14.5 Å². The molecular formula is C23H22N2O4S. The van der Waals surface area contributed by atoms with Crippen LogP contribution in [0.5, 0.6) is 5.75 Å². The number of benzene rings is 2. The van der Waals surface area contributed by atoms with Crippen LogP contribution in [-0.2, 0) is 14.3 Å². The minimum atomic E-state index is -0.421. The van der Waals surface area contributed by atoms with Crippen molar-refractivity contribution < 1.29 is 19.1 Å². The molecule has 0 radical (unpaired) electrons. The van der Waals surface area contributed by atoms with Crippen molar-refractivity contribution in [2.75, 3.05) is 24.7 Å². The number of anilines is 1. The van der Waals surface area contributed by atoms with Crippen LogP contribution in [0, 0.1) is 0 Å². The summed E-state index contributed by atoms with van der Waals surface area (Å²) < 4.78 is 10.8. The second kappa shape index (κ2) is 9.09. The fraction of sp³-hybridized carbons (Fsp3) is 0.261. The molecular weight excluding hydrogens is 400 g/mol. The van der Waals surface area contributed by atoms with E-state index in [1.54, 1.807) is 11.3 Å². The summed E-state index contributed by atoms with van der Waals surface area (Å²) in [7, 11) is 0. The van der Waals surface area contributed by atoms with Gasteiger partial charge in [0.25, 0.3) is 5.91 Å². The number of thiazole rings is 1. The van der Waals surface area contributed by atoms with Gasteiger partial charge in [0.15, 0.2) is 6.61 Å². The predicted octanol–water partition coefficient (Wildman–Crippen LogP) is 4.55. The van der Waals surface area contributed by atoms with Gasteiger partial charge in [-0.25, -0.2) is 4.98 Å². The first-order valence-electron chi connectivity index (χ1n) is 9.90. The lowest BCUT2D eigenvalue weighted by Gasteiger charge is -2.29. The van der Waals surface area contributed by atoms with E-state index in [1.165, 1.54) is 4.90 Å². The van der Waals surface area contributed by atoms with E-state index in [2.05, 4.69) is 0 Å². The van der Waals surface area contributed by atoms with Crippen molar-refractivity contribution in [1.29, 1.82) is 0 Å². The minimum absolute atomic E-state index is 0.0938. The quantitative estimate of drug-likeness (QED) is 0.413. The number of nitrogens with zero attached hydrogens (tertiary/aromatic N) is 2. The highest BCUT2D eigenvalue weighted by atomic mass is 32.1. The topological polar surface area (TPSA) is 68.7 Å². The number of hydrogen-bond donors (Lipinski definition) is 0. The molecule has 154 valence electrons. The standard InChI is InChI=1S/C23H22N2O4S/c1-2-3-11-28-22(27)13-25-19-12-17(9-10-20(19)29-14-21(25)26)18-15-30-23(24-18)16-7-5-4-6-8-16/h4-10,12,15H,2-3,11,13-14H2,1H3. The fourth-order valence-corrected chi connectivity index (χ4v) is 3.99. The van der Waals surface area contributed by atoms with Gasteiger partial charge in [0.2, 0.25) is 0 Å². The highest BCUT2D eigenvalue weighted by Crippen LogP contribution is 2.37. The van der Waals surface area contributed by atoms with Gasteiger partial charge in [-0.15, -0.1) is 11.3 Å². The third kappa shape index (κ3) is 4.36. The maximum Gasteiger partial charge on any atom is 0.326 e. The van der Waals surface area contributed by atoms with Crippen LogP contribution >= 0.6 is 11.3 Å². The Hall–Kier alpha value is -3.19. The molecule has 0 aliphatic carbocycles. The van der Waals surface area contributed by atoms with E-state index in [1.807, 2.05) is 60.8 Å². The zero-order valence-corrected chi connectivity index (χ0v) is 17.5. The van der Waals surface area contributed by atoms with Gasteiger partial charge in [-0.1, -0.05) is 43.7 Å². The molecule has 1 amide bonds. The highest BCUT2D eigenvalue weighted by molar-refractivity contribution is 7.13. The number of rotatable bonds is 7. The predicted molar refractivity (Wildman–Crippen MR) is 117 cm³/mol. The fourth-order valence-electron chi connectivity index (χ4n) is 3.16. The number of unbranched alkanes of at least 4 members (excludes halogenated alkanes) is 1. The summed E-state index contributed by atoms with van der Waals surface area (Å²) in [4.78, 5) is 30.8. The van der Waals surface area contributed by atoms with Crippen molar-refractivity contribution in [3.63, 3.8) is 0 Å². The van der Waals surface area contributed by atoms with Gasteiger partial charge in [-0.05, 0) is 24.6 Å². The Morgan fingerprint density at radius 2 is 2.03 bits per heavy atom. The summed E-state index contributed by atoms with van der Waals surface area (Å²) >= 11 is 1.56. The Bertz CT molecular complexity index is 1050. The summed E-state index contributed by atoms with van der Waals surface area (Å²) in [5, 5.41) is 2.91. The van der Waals surface area contributed by atoms with Gasteiger partial charge in [-0.2, -0.15) is 0 Å². The summed E-state index contributed by atoms with van der Waals surface area (Å²) in [5.74, 6) is -0.122. The van der Waals surface area contributed by atoms with Crippen molar-refractivity contribution in [3.8, 4) is 27.6 Å². The number of esters is 1. The smallest absolute Gasteiger partial charge is 0.326 e. The number of carbonyl (C=O) groups excluding carboxylic acids is 2. The summed E-state index contributed by atoms with van der Waals surface area (Å²) in [6, 6.07) is 15.5. The number of amides is 1. The van der Waals surface area contributed by atoms with Gasteiger partial charge < -0.3 is 9.47 Å². The second-order valence-corrected chi connectivity index (χ2v) is 7.79. The SMILES string of the molecule is CCCCOC(=O)CN1C(=O)COc2ccc(-c3csc(-c4ccccc4)n3)cc21. The van der Waals surface area contributed by atoms with Crippen LogP contribution in [0.1, 0.15) is 19.8 Å². The van der Waals surface area contributed by atoms with E-state index < -0.39 is 5.97 Å². The molecule has 2 heterocycles. The lowest BCUT2D eigenvalue weighted by Crippen LogP contribution is -2.42. The zero-order valence-electron chi connectivity index (χ0n) is 16.7. The van der Waals surface area contributed by atoms with Crippen LogP contribution in [0.3, 0.4) is 0 Å². The zero-order chi connectivity index (χ0) is 20.9. The first kappa shape index (κ1) is 20.1. The Kier molecular flexibility index (Phi) is 6.09. The van der Waals surface area contributed by atoms with Gasteiger partial charge in [-0.3, -0.25) is 14.5 Å². The van der Waals surface area contributed by atoms with Gasteiger partial charge >= 0.3 is 5.97 Å². The molecule has 0 spiro atoms. The van der Waals surface area contributed by atoms with Crippen molar-refractivity contribution in [1.82, 2.24) is 4.98 Å². The van der Waals surface area contributed by atoms with E-state index in [-0.39, 0.29) is 19.1 Å². The largest absolute Gasteiger partial charge is 0.482 e. The Labute approximate surface area is 179 Å². The summed E-state index contributed by atoms with van der Waals surface area (Å²) in [6.45, 7) is 2.17. The highest BCUT2D eigenvalue weighted by Gasteiger charge is 2.28. The molecule has 4 rings (SSSR count). The number of ether oxygens (including phenoxy) is 2. The molecule has 0 fully saturated rings. The third-order valence-corrected chi connectivity index (χ3v) is 5.66. The molecule has 30 heavy (non-hydrogen) atoms. The van der Waals surface area contributed by atoms with Gasteiger partial charge in [0.1, 0.15) is 17.3 Å². The second-order valence-electron chi connectivity index (χ2n) is 6.93. The van der Waals surface area contributed by atoms with Crippen molar-refractivity contribution in [3.05, 3.63) is 53.9 Å². The van der Waals surface area contributed by atoms with E-state index in [9.17, 15) is 9.59 Å². The molecule has 0 atom stereocenters. The Balaban J connectivity index is 1.58. The van der Waals surface area contributed by atoms with Crippen LogP contribution in [0.4, 0.5) is 5.69 Å². The lowest BCUT2D eigenvalue weighted by atomic mass is 10.1. The maximum absolute atomic E-state index is 12.4. The molecule has 1 aromatic heterocycles. The monoisotopic (exact) mass is 422 g/mol. The molecule has 6 nitrogen and oxygen atoms in total.